The summed E-state index contributed by atoms with van der Waals surface area (Å²) in [5.41, 5.74) is 0.945. The Balaban J connectivity index is 2.44. The Labute approximate surface area is 131 Å². The number of carboxylic acids is 1. The summed E-state index contributed by atoms with van der Waals surface area (Å²) >= 11 is 3.28. The SMILES string of the molecule is N#Cc1c(Br)cccc1N1CCS(=O)(=O)CC1CC(=O)O. The highest BCUT2D eigenvalue weighted by atomic mass is 79.9. The Hall–Kier alpha value is -1.59. The summed E-state index contributed by atoms with van der Waals surface area (Å²) in [6.07, 6.45) is -0.281. The van der Waals surface area contributed by atoms with Crippen molar-refractivity contribution in [3.8, 4) is 6.07 Å². The molecule has 6 nitrogen and oxygen atoms in total. The van der Waals surface area contributed by atoms with Gasteiger partial charge in [-0.05, 0) is 28.1 Å². The van der Waals surface area contributed by atoms with Gasteiger partial charge in [0.2, 0.25) is 0 Å². The van der Waals surface area contributed by atoms with Crippen LogP contribution in [0.4, 0.5) is 5.69 Å². The number of hydrogen-bond acceptors (Lipinski definition) is 5. The van der Waals surface area contributed by atoms with E-state index >= 15 is 0 Å². The Morgan fingerprint density at radius 3 is 2.86 bits per heavy atom. The van der Waals surface area contributed by atoms with Crippen LogP contribution < -0.4 is 4.90 Å². The Morgan fingerprint density at radius 2 is 2.24 bits per heavy atom. The van der Waals surface area contributed by atoms with Crippen molar-refractivity contribution in [2.45, 2.75) is 12.5 Å². The van der Waals surface area contributed by atoms with E-state index in [1.165, 1.54) is 0 Å². The van der Waals surface area contributed by atoms with Gasteiger partial charge < -0.3 is 10.0 Å². The third-order valence-electron chi connectivity index (χ3n) is 3.35. The van der Waals surface area contributed by atoms with E-state index in [-0.39, 0.29) is 24.5 Å². The highest BCUT2D eigenvalue weighted by Crippen LogP contribution is 2.31. The standard InChI is InChI=1S/C13H13BrN2O4S/c14-11-2-1-3-12(10(11)7-15)16-4-5-21(19,20)8-9(16)6-13(17)18/h1-3,9H,4-6,8H2,(H,17,18). The fraction of sp³-hybridized carbons (Fsp3) is 0.385. The molecule has 8 heteroatoms. The normalized spacial score (nSPS) is 20.8. The van der Waals surface area contributed by atoms with Gasteiger partial charge in [-0.1, -0.05) is 6.07 Å². The number of benzene rings is 1. The summed E-state index contributed by atoms with van der Waals surface area (Å²) < 4.78 is 24.1. The Kier molecular flexibility index (Phi) is 4.54. The molecule has 0 spiro atoms. The zero-order chi connectivity index (χ0) is 15.6. The number of nitriles is 1. The average molecular weight is 373 g/mol. The second-order valence-corrected chi connectivity index (χ2v) is 7.89. The summed E-state index contributed by atoms with van der Waals surface area (Å²) in [5, 5.41) is 18.2. The lowest BCUT2D eigenvalue weighted by Gasteiger charge is -2.37. The molecule has 1 fully saturated rings. The van der Waals surface area contributed by atoms with Crippen LogP contribution in [0.25, 0.3) is 0 Å². The summed E-state index contributed by atoms with van der Waals surface area (Å²) in [7, 11) is -3.25. The van der Waals surface area contributed by atoms with Crippen LogP contribution in [0.3, 0.4) is 0 Å². The van der Waals surface area contributed by atoms with Gasteiger partial charge in [-0.15, -0.1) is 0 Å². The number of hydrogen-bond donors (Lipinski definition) is 1. The van der Waals surface area contributed by atoms with E-state index in [2.05, 4.69) is 22.0 Å². The largest absolute Gasteiger partial charge is 0.481 e. The minimum absolute atomic E-state index is 0.0412. The van der Waals surface area contributed by atoms with E-state index in [9.17, 15) is 18.5 Å². The van der Waals surface area contributed by atoms with Gasteiger partial charge in [-0.25, -0.2) is 8.42 Å². The van der Waals surface area contributed by atoms with Crippen LogP contribution in [0, 0.1) is 11.3 Å². The summed E-state index contributed by atoms with van der Waals surface area (Å²) in [6.45, 7) is 0.186. The molecule has 1 N–H and O–H groups in total. The monoisotopic (exact) mass is 372 g/mol. The molecule has 0 saturated carbocycles. The number of anilines is 1. The second-order valence-electron chi connectivity index (χ2n) is 4.81. The molecule has 0 radical (unpaired) electrons. The molecule has 2 rings (SSSR count). The quantitative estimate of drug-likeness (QED) is 0.860. The van der Waals surface area contributed by atoms with Crippen molar-refractivity contribution in [2.24, 2.45) is 0 Å². The maximum atomic E-state index is 11.7. The highest BCUT2D eigenvalue weighted by Gasteiger charge is 2.34. The topological polar surface area (TPSA) is 98.5 Å². The van der Waals surface area contributed by atoms with E-state index < -0.39 is 21.8 Å². The molecule has 0 bridgehead atoms. The number of halogens is 1. The fourth-order valence-electron chi connectivity index (χ4n) is 2.44. The number of carboxylic acid groups (broad SMARTS) is 1. The zero-order valence-corrected chi connectivity index (χ0v) is 13.4. The van der Waals surface area contributed by atoms with E-state index in [0.717, 1.165) is 0 Å². The smallest absolute Gasteiger partial charge is 0.305 e. The molecular formula is C13H13BrN2O4S. The molecule has 1 aromatic carbocycles. The third kappa shape index (κ3) is 3.54. The number of aliphatic carboxylic acids is 1. The van der Waals surface area contributed by atoms with Crippen LogP contribution in [0.15, 0.2) is 22.7 Å². The summed E-state index contributed by atoms with van der Waals surface area (Å²) in [4.78, 5) is 12.7. The van der Waals surface area contributed by atoms with E-state index in [1.807, 2.05) is 0 Å². The molecule has 1 aliphatic rings. The van der Waals surface area contributed by atoms with Gasteiger partial charge in [-0.2, -0.15) is 5.26 Å². The van der Waals surface area contributed by atoms with E-state index in [0.29, 0.717) is 15.7 Å². The van der Waals surface area contributed by atoms with Crippen LogP contribution >= 0.6 is 15.9 Å². The molecule has 0 aliphatic carbocycles. The number of carbonyl (C=O) groups is 1. The van der Waals surface area contributed by atoms with Crippen molar-refractivity contribution in [1.82, 2.24) is 0 Å². The Morgan fingerprint density at radius 1 is 1.52 bits per heavy atom. The molecule has 0 aromatic heterocycles. The molecule has 1 unspecified atom stereocenters. The van der Waals surface area contributed by atoms with Crippen molar-refractivity contribution in [1.29, 1.82) is 5.26 Å². The van der Waals surface area contributed by atoms with Crippen LogP contribution in [0.2, 0.25) is 0 Å². The lowest BCUT2D eigenvalue weighted by atomic mass is 10.1. The van der Waals surface area contributed by atoms with Gasteiger partial charge in [0.1, 0.15) is 6.07 Å². The molecule has 0 amide bonds. The van der Waals surface area contributed by atoms with Gasteiger partial charge in [0, 0.05) is 11.0 Å². The van der Waals surface area contributed by atoms with Crippen LogP contribution in [0.5, 0.6) is 0 Å². The third-order valence-corrected chi connectivity index (χ3v) is 5.71. The van der Waals surface area contributed by atoms with Crippen LogP contribution in [0.1, 0.15) is 12.0 Å². The number of sulfone groups is 1. The van der Waals surface area contributed by atoms with Crippen LogP contribution in [-0.4, -0.2) is 43.6 Å². The van der Waals surface area contributed by atoms with Gasteiger partial charge in [0.25, 0.3) is 0 Å². The molecule has 1 atom stereocenters. The van der Waals surface area contributed by atoms with Crippen molar-refractivity contribution < 1.29 is 18.3 Å². The average Bonchev–Trinajstić information content (AvgIpc) is 2.37. The minimum Gasteiger partial charge on any atom is -0.481 e. The Bertz CT molecular complexity index is 711. The minimum atomic E-state index is -3.25. The molecule has 1 aromatic rings. The van der Waals surface area contributed by atoms with Crippen molar-refractivity contribution >= 4 is 37.4 Å². The van der Waals surface area contributed by atoms with Gasteiger partial charge >= 0.3 is 5.97 Å². The van der Waals surface area contributed by atoms with Crippen molar-refractivity contribution in [2.75, 3.05) is 23.0 Å². The number of rotatable bonds is 3. The van der Waals surface area contributed by atoms with E-state index in [4.69, 9.17) is 5.11 Å². The first kappa shape index (κ1) is 15.8. The zero-order valence-electron chi connectivity index (χ0n) is 11.0. The lowest BCUT2D eigenvalue weighted by molar-refractivity contribution is -0.137. The van der Waals surface area contributed by atoms with Crippen molar-refractivity contribution in [3.05, 3.63) is 28.2 Å². The maximum absolute atomic E-state index is 11.7. The summed E-state index contributed by atoms with van der Waals surface area (Å²) in [5.74, 6) is -1.31. The molecule has 1 saturated heterocycles. The molecule has 1 aliphatic heterocycles. The first-order chi connectivity index (χ1) is 9.84. The molecule has 1 heterocycles. The predicted molar refractivity (Wildman–Crippen MR) is 80.9 cm³/mol. The lowest BCUT2D eigenvalue weighted by Crippen LogP contribution is -2.49. The predicted octanol–water partition coefficient (Wildman–Crippen LogP) is 1.40. The van der Waals surface area contributed by atoms with Gasteiger partial charge in [0.05, 0.1) is 35.2 Å². The second kappa shape index (κ2) is 6.03. The summed E-state index contributed by atoms with van der Waals surface area (Å²) in [6, 6.07) is 6.57. The van der Waals surface area contributed by atoms with Gasteiger partial charge in [-0.3, -0.25) is 4.79 Å². The fourth-order valence-corrected chi connectivity index (χ4v) is 4.41. The first-order valence-electron chi connectivity index (χ1n) is 6.21. The van der Waals surface area contributed by atoms with Crippen molar-refractivity contribution in [3.63, 3.8) is 0 Å². The van der Waals surface area contributed by atoms with E-state index in [1.54, 1.807) is 23.1 Å². The molecule has 21 heavy (non-hydrogen) atoms. The highest BCUT2D eigenvalue weighted by molar-refractivity contribution is 9.10. The van der Waals surface area contributed by atoms with Gasteiger partial charge in [0.15, 0.2) is 9.84 Å². The molecule has 112 valence electrons. The molecular weight excluding hydrogens is 360 g/mol. The first-order valence-corrected chi connectivity index (χ1v) is 8.83. The maximum Gasteiger partial charge on any atom is 0.305 e. The number of nitrogens with zero attached hydrogens (tertiary/aromatic N) is 2. The van der Waals surface area contributed by atoms with Crippen LogP contribution in [-0.2, 0) is 14.6 Å².